The van der Waals surface area contributed by atoms with E-state index in [4.69, 9.17) is 0 Å². The number of fused-ring (bicyclic) bond motifs is 4. The van der Waals surface area contributed by atoms with E-state index in [1.165, 1.54) is 0 Å². The van der Waals surface area contributed by atoms with Crippen LogP contribution >= 0.6 is 0 Å². The predicted molar refractivity (Wildman–Crippen MR) is 55.9 cm³/mol. The maximum Gasteiger partial charge on any atom is 0.386 e. The van der Waals surface area contributed by atoms with E-state index in [2.05, 4.69) is 0 Å². The van der Waals surface area contributed by atoms with Crippen LogP contribution in [0.4, 0.5) is 0 Å². The van der Waals surface area contributed by atoms with Crippen molar-refractivity contribution in [2.45, 2.75) is 0 Å². The maximum atomic E-state index is 10.9. The van der Waals surface area contributed by atoms with Gasteiger partial charge in [-0.2, -0.15) is 0 Å². The Morgan fingerprint density at radius 1 is 0.800 bits per heavy atom. The van der Waals surface area contributed by atoms with E-state index in [1.807, 2.05) is 30.3 Å². The van der Waals surface area contributed by atoms with Gasteiger partial charge in [0.1, 0.15) is 0 Å². The van der Waals surface area contributed by atoms with Crippen LogP contribution in [0.15, 0.2) is 42.5 Å². The molecule has 0 fully saturated rings. The van der Waals surface area contributed by atoms with Gasteiger partial charge in [-0.1, -0.05) is 36.4 Å². The lowest BCUT2D eigenvalue weighted by Crippen LogP contribution is -2.06. The van der Waals surface area contributed by atoms with Gasteiger partial charge in [0.25, 0.3) is 0 Å². The van der Waals surface area contributed by atoms with Crippen LogP contribution in [0, 0.1) is 0 Å². The first kappa shape index (κ1) is 8.24. The van der Waals surface area contributed by atoms with E-state index < -0.39 is 5.97 Å². The molecule has 0 heterocycles. The van der Waals surface area contributed by atoms with Crippen molar-refractivity contribution in [1.29, 1.82) is 0 Å². The first-order valence-corrected chi connectivity index (χ1v) is 4.73. The van der Waals surface area contributed by atoms with Gasteiger partial charge >= 0.3 is 5.97 Å². The van der Waals surface area contributed by atoms with Crippen molar-refractivity contribution in [3.05, 3.63) is 48.0 Å². The highest BCUT2D eigenvalue weighted by Gasteiger charge is 2.27. The Morgan fingerprint density at radius 3 is 2.20 bits per heavy atom. The van der Waals surface area contributed by atoms with Gasteiger partial charge in [0.15, 0.2) is 0 Å². The third kappa shape index (κ3) is 0.960. The van der Waals surface area contributed by atoms with E-state index in [-0.39, 0.29) is 5.56 Å². The van der Waals surface area contributed by atoms with Gasteiger partial charge in [-0.15, -0.1) is 0 Å². The summed E-state index contributed by atoms with van der Waals surface area (Å²) in [5.74, 6) is -1.11. The Hall–Kier alpha value is -2.09. The molecule has 1 aliphatic carbocycles. The van der Waals surface area contributed by atoms with Gasteiger partial charge in [-0.3, -0.25) is 0 Å². The zero-order chi connectivity index (χ0) is 10.4. The minimum atomic E-state index is -1.11. The van der Waals surface area contributed by atoms with Crippen LogP contribution in [0.5, 0.6) is 0 Å². The van der Waals surface area contributed by atoms with E-state index >= 15 is 0 Å². The number of benzene rings is 2. The van der Waals surface area contributed by atoms with E-state index in [9.17, 15) is 9.90 Å². The van der Waals surface area contributed by atoms with Crippen LogP contribution < -0.4 is 0 Å². The zero-order valence-electron chi connectivity index (χ0n) is 7.86. The second-order valence-electron chi connectivity index (χ2n) is 3.56. The molecular weight excluding hydrogens is 188 g/mol. The van der Waals surface area contributed by atoms with Crippen molar-refractivity contribution in [2.75, 3.05) is 0 Å². The third-order valence-electron chi connectivity index (χ3n) is 2.77. The van der Waals surface area contributed by atoms with Crippen LogP contribution in [0.3, 0.4) is 0 Å². The molecule has 0 spiro atoms. The second kappa shape index (κ2) is 2.70. The summed E-state index contributed by atoms with van der Waals surface area (Å²) in [6, 6.07) is 13.1. The third-order valence-corrected chi connectivity index (χ3v) is 2.77. The summed E-state index contributed by atoms with van der Waals surface area (Å²) in [4.78, 5) is 10.9. The number of carbonyl (C=O) groups excluding carboxylic acids is 1. The molecular formula is C13H7O2. The molecule has 0 atom stereocenters. The lowest BCUT2D eigenvalue weighted by molar-refractivity contribution is 0.0574. The number of hydrogen-bond donors (Lipinski definition) is 0. The van der Waals surface area contributed by atoms with Crippen LogP contribution in [0.25, 0.3) is 22.3 Å². The van der Waals surface area contributed by atoms with Crippen LogP contribution in [0.1, 0.15) is 10.4 Å². The molecule has 2 nitrogen and oxygen atoms in total. The van der Waals surface area contributed by atoms with E-state index in [0.717, 1.165) is 22.3 Å². The van der Waals surface area contributed by atoms with E-state index in [1.54, 1.807) is 12.1 Å². The summed E-state index contributed by atoms with van der Waals surface area (Å²) in [5.41, 5.74) is 4.23. The topological polar surface area (TPSA) is 37.0 Å². The largest absolute Gasteiger partial charge is 0.386 e. The number of carbonyl (C=O) groups is 1. The SMILES string of the molecule is [O]C(=O)c1cccc2c1-c1ccccc1-2. The fourth-order valence-electron chi connectivity index (χ4n) is 2.11. The summed E-state index contributed by atoms with van der Waals surface area (Å²) >= 11 is 0. The van der Waals surface area contributed by atoms with Gasteiger partial charge in [0.05, 0.1) is 5.56 Å². The molecule has 2 aromatic carbocycles. The van der Waals surface area contributed by atoms with Crippen molar-refractivity contribution in [3.8, 4) is 22.3 Å². The van der Waals surface area contributed by atoms with Crippen molar-refractivity contribution in [1.82, 2.24) is 0 Å². The Labute approximate surface area is 86.8 Å². The average molecular weight is 195 g/mol. The fourth-order valence-corrected chi connectivity index (χ4v) is 2.11. The molecule has 0 N–H and O–H groups in total. The molecule has 1 radical (unpaired) electrons. The number of hydrogen-bond acceptors (Lipinski definition) is 1. The summed E-state index contributed by atoms with van der Waals surface area (Å²) in [5, 5.41) is 10.9. The fraction of sp³-hybridized carbons (Fsp3) is 0. The molecule has 0 aromatic heterocycles. The first-order chi connectivity index (χ1) is 7.29. The summed E-state index contributed by atoms with van der Waals surface area (Å²) in [6.07, 6.45) is 0. The van der Waals surface area contributed by atoms with Gasteiger partial charge < -0.3 is 0 Å². The zero-order valence-corrected chi connectivity index (χ0v) is 7.86. The molecule has 0 aliphatic heterocycles. The van der Waals surface area contributed by atoms with Gasteiger partial charge in [-0.05, 0) is 22.8 Å². The lowest BCUT2D eigenvalue weighted by atomic mass is 9.78. The highest BCUT2D eigenvalue weighted by Crippen LogP contribution is 2.48. The van der Waals surface area contributed by atoms with Gasteiger partial charge in [0, 0.05) is 5.56 Å². The molecule has 0 saturated carbocycles. The highest BCUT2D eigenvalue weighted by atomic mass is 16.4. The Balaban J connectivity index is 2.30. The predicted octanol–water partition coefficient (Wildman–Crippen LogP) is 2.90. The lowest BCUT2D eigenvalue weighted by Gasteiger charge is -2.24. The quantitative estimate of drug-likeness (QED) is 0.588. The summed E-state index contributed by atoms with van der Waals surface area (Å²) in [6.45, 7) is 0. The standard InChI is InChI=1S/C13H7O2/c14-13(15)11-7-3-6-10-8-4-1-2-5-9(8)12(10)11/h1-7H. The molecule has 0 saturated heterocycles. The molecule has 0 unspecified atom stereocenters. The first-order valence-electron chi connectivity index (χ1n) is 4.73. The molecule has 15 heavy (non-hydrogen) atoms. The maximum absolute atomic E-state index is 10.9. The monoisotopic (exact) mass is 195 g/mol. The van der Waals surface area contributed by atoms with Crippen molar-refractivity contribution >= 4 is 5.97 Å². The van der Waals surface area contributed by atoms with Crippen LogP contribution in [-0.4, -0.2) is 5.97 Å². The smallest absolute Gasteiger partial charge is 0.241 e. The minimum Gasteiger partial charge on any atom is -0.241 e. The van der Waals surface area contributed by atoms with E-state index in [0.29, 0.717) is 0 Å². The molecule has 3 rings (SSSR count). The molecule has 2 aromatic rings. The highest BCUT2D eigenvalue weighted by molar-refractivity contribution is 6.10. The molecule has 2 heteroatoms. The van der Waals surface area contributed by atoms with Crippen molar-refractivity contribution in [3.63, 3.8) is 0 Å². The van der Waals surface area contributed by atoms with Crippen LogP contribution in [-0.2, 0) is 5.11 Å². The molecule has 1 aliphatic rings. The molecule has 71 valence electrons. The Bertz CT molecular complexity index is 570. The van der Waals surface area contributed by atoms with Gasteiger partial charge in [-0.25, -0.2) is 9.90 Å². The normalized spacial score (nSPS) is 11.2. The van der Waals surface area contributed by atoms with Gasteiger partial charge in [0.2, 0.25) is 0 Å². The molecule has 0 amide bonds. The molecule has 0 bridgehead atoms. The summed E-state index contributed by atoms with van der Waals surface area (Å²) < 4.78 is 0. The van der Waals surface area contributed by atoms with Crippen molar-refractivity contribution < 1.29 is 9.90 Å². The van der Waals surface area contributed by atoms with Crippen molar-refractivity contribution in [2.24, 2.45) is 0 Å². The Kier molecular flexibility index (Phi) is 1.48. The number of rotatable bonds is 1. The summed E-state index contributed by atoms with van der Waals surface area (Å²) in [7, 11) is 0. The Morgan fingerprint density at radius 2 is 1.47 bits per heavy atom. The second-order valence-corrected chi connectivity index (χ2v) is 3.56. The minimum absolute atomic E-state index is 0.284. The average Bonchev–Trinajstić information content (AvgIpc) is 2.24. The van der Waals surface area contributed by atoms with Crippen LogP contribution in [0.2, 0.25) is 0 Å².